The molecule has 0 radical (unpaired) electrons. The summed E-state index contributed by atoms with van der Waals surface area (Å²) in [5, 5.41) is 5.72. The van der Waals surface area contributed by atoms with Gasteiger partial charge in [0, 0.05) is 0 Å². The van der Waals surface area contributed by atoms with E-state index >= 15 is 0 Å². The van der Waals surface area contributed by atoms with E-state index in [9.17, 15) is 0 Å². The van der Waals surface area contributed by atoms with Crippen LogP contribution >= 0.6 is 0 Å². The molecule has 2 unspecified atom stereocenters. The molecule has 0 saturated heterocycles. The molecule has 39 heavy (non-hydrogen) atoms. The van der Waals surface area contributed by atoms with Crippen LogP contribution in [0.1, 0.15) is 41.0 Å². The molecule has 4 heteroatoms. The van der Waals surface area contributed by atoms with E-state index in [-0.39, 0.29) is 24.8 Å². The predicted molar refractivity (Wildman–Crippen MR) is 155 cm³/mol. The van der Waals surface area contributed by atoms with Crippen LogP contribution in [0.5, 0.6) is 0 Å². The van der Waals surface area contributed by atoms with Gasteiger partial charge in [-0.2, -0.15) is 5.56 Å². The summed E-state index contributed by atoms with van der Waals surface area (Å²) in [4.78, 5) is 0. The van der Waals surface area contributed by atoms with Gasteiger partial charge in [-0.25, -0.2) is 6.08 Å². The molecule has 5 aromatic carbocycles. The molecule has 0 saturated carbocycles. The van der Waals surface area contributed by atoms with Crippen molar-refractivity contribution in [3.63, 3.8) is 0 Å². The van der Waals surface area contributed by atoms with E-state index in [1.54, 1.807) is 23.3 Å². The summed E-state index contributed by atoms with van der Waals surface area (Å²) >= 11 is 1.64. The van der Waals surface area contributed by atoms with Gasteiger partial charge < -0.3 is 24.8 Å². The van der Waals surface area contributed by atoms with Crippen molar-refractivity contribution < 1.29 is 48.1 Å². The van der Waals surface area contributed by atoms with Crippen molar-refractivity contribution in [2.75, 3.05) is 0 Å². The fourth-order valence-corrected chi connectivity index (χ4v) is 9.44. The van der Waals surface area contributed by atoms with Crippen LogP contribution in [0.4, 0.5) is 0 Å². The SMILES string of the molecule is CC1=Cc2c(ccc3ccccc23)C1C1[C-]=Cc2ccccc21.[Cl-].[Cl-].[Zr+2]=[Si](c1ccccc1)c1ccccc1. The van der Waals surface area contributed by atoms with Gasteiger partial charge in [-0.1, -0.05) is 72.2 Å². The van der Waals surface area contributed by atoms with Gasteiger partial charge in [-0.3, -0.25) is 6.08 Å². The summed E-state index contributed by atoms with van der Waals surface area (Å²) in [6.45, 7) is 2.27. The van der Waals surface area contributed by atoms with Gasteiger partial charge in [0.05, 0.1) is 0 Å². The average molecular weight is 638 g/mol. The van der Waals surface area contributed by atoms with Gasteiger partial charge in [0.2, 0.25) is 0 Å². The first kappa shape index (κ1) is 29.5. The van der Waals surface area contributed by atoms with E-state index in [4.69, 9.17) is 0 Å². The maximum absolute atomic E-state index is 3.62. The van der Waals surface area contributed by atoms with Crippen molar-refractivity contribution in [3.05, 3.63) is 155 Å². The van der Waals surface area contributed by atoms with Crippen LogP contribution in [0, 0.1) is 6.08 Å². The summed E-state index contributed by atoms with van der Waals surface area (Å²) in [6, 6.07) is 43.6. The fraction of sp³-hybridized carbons (Fsp3) is 0.0857. The number of halogens is 2. The maximum atomic E-state index is 3.62. The molecule has 7 rings (SSSR count). The number of hydrogen-bond donors (Lipinski definition) is 0. The second-order valence-corrected chi connectivity index (χ2v) is 15.3. The van der Waals surface area contributed by atoms with Gasteiger partial charge in [-0.05, 0) is 34.7 Å². The molecule has 2 atom stereocenters. The van der Waals surface area contributed by atoms with E-state index < -0.39 is 5.43 Å². The quantitative estimate of drug-likeness (QED) is 0.207. The topological polar surface area (TPSA) is 0 Å². The van der Waals surface area contributed by atoms with Crippen LogP contribution in [0.3, 0.4) is 0 Å². The van der Waals surface area contributed by atoms with Gasteiger partial charge in [0.25, 0.3) is 0 Å². The van der Waals surface area contributed by atoms with Crippen LogP contribution in [-0.2, 0) is 23.3 Å². The number of allylic oxidation sites excluding steroid dienone is 2. The molecule has 0 aliphatic heterocycles. The van der Waals surface area contributed by atoms with Crippen molar-refractivity contribution in [1.29, 1.82) is 0 Å². The summed E-state index contributed by atoms with van der Waals surface area (Å²) in [6.07, 6.45) is 8.16. The van der Waals surface area contributed by atoms with E-state index in [0.29, 0.717) is 11.8 Å². The number of rotatable bonds is 3. The molecule has 0 fully saturated rings. The summed E-state index contributed by atoms with van der Waals surface area (Å²) in [7, 11) is 0. The molecule has 2 aliphatic carbocycles. The molecular formula is C35H27Cl2SiZr-. The van der Waals surface area contributed by atoms with Crippen LogP contribution < -0.4 is 35.2 Å². The van der Waals surface area contributed by atoms with Gasteiger partial charge in [0.1, 0.15) is 0 Å². The van der Waals surface area contributed by atoms with Crippen LogP contribution in [0.15, 0.2) is 127 Å². The second-order valence-electron chi connectivity index (χ2n) is 9.68. The first-order valence-corrected chi connectivity index (χ1v) is 18.0. The average Bonchev–Trinajstić information content (AvgIpc) is 3.54. The molecule has 0 heterocycles. The van der Waals surface area contributed by atoms with Gasteiger partial charge in [0.15, 0.2) is 0 Å². The Morgan fingerprint density at radius 2 is 1.23 bits per heavy atom. The number of fused-ring (bicyclic) bond motifs is 4. The normalized spacial score (nSPS) is 16.1. The van der Waals surface area contributed by atoms with E-state index in [0.717, 1.165) is 0 Å². The van der Waals surface area contributed by atoms with Gasteiger partial charge >= 0.3 is 99.8 Å². The molecule has 0 amide bonds. The molecular weight excluding hydrogens is 611 g/mol. The fourth-order valence-electron chi connectivity index (χ4n) is 5.60. The van der Waals surface area contributed by atoms with Crippen LogP contribution in [-0.4, -0.2) is 5.43 Å². The Balaban J connectivity index is 0.000000192. The van der Waals surface area contributed by atoms with Crippen molar-refractivity contribution in [3.8, 4) is 0 Å². The molecule has 190 valence electrons. The molecule has 0 nitrogen and oxygen atoms in total. The minimum atomic E-state index is -0.455. The zero-order chi connectivity index (χ0) is 25.2. The zero-order valence-corrected chi connectivity index (χ0v) is 26.6. The Morgan fingerprint density at radius 1 is 0.641 bits per heavy atom. The Morgan fingerprint density at radius 3 is 1.92 bits per heavy atom. The van der Waals surface area contributed by atoms with Crippen molar-refractivity contribution in [1.82, 2.24) is 0 Å². The Bertz CT molecular complexity index is 1620. The zero-order valence-electron chi connectivity index (χ0n) is 21.6. The van der Waals surface area contributed by atoms with Crippen molar-refractivity contribution in [2.45, 2.75) is 18.8 Å². The Hall–Kier alpha value is -2.48. The Kier molecular flexibility index (Phi) is 10.0. The van der Waals surface area contributed by atoms with Crippen molar-refractivity contribution in [2.24, 2.45) is 0 Å². The first-order valence-electron chi connectivity index (χ1n) is 12.8. The van der Waals surface area contributed by atoms with Crippen molar-refractivity contribution >= 4 is 38.7 Å². The van der Waals surface area contributed by atoms with Gasteiger partial charge in [-0.15, -0.1) is 11.6 Å². The standard InChI is InChI=1S/C23H17.C12H10Si.2ClH.Zr/c1-15-14-22-19-9-5-3-7-17(19)11-13-21(22)23(15)20-12-10-16-6-2-4-8-18(16)20;1-3-7-11(8-4-1)13-12-9-5-2-6-10-12;;;/h2-11,13-14,20,23H,1H3;1-10H;2*1H;/q-1;;;;+2/p-2. The monoisotopic (exact) mass is 635 g/mol. The predicted octanol–water partition coefficient (Wildman–Crippen LogP) is 1.30. The molecule has 0 aromatic heterocycles. The van der Waals surface area contributed by atoms with E-state index in [1.807, 2.05) is 0 Å². The third-order valence-electron chi connectivity index (χ3n) is 7.41. The third kappa shape index (κ3) is 6.01. The molecule has 0 spiro atoms. The molecule has 5 aromatic rings. The summed E-state index contributed by atoms with van der Waals surface area (Å²) in [5.74, 6) is 0.749. The molecule has 0 bridgehead atoms. The third-order valence-corrected chi connectivity index (χ3v) is 13.5. The Labute approximate surface area is 259 Å². The summed E-state index contributed by atoms with van der Waals surface area (Å²) in [5.41, 5.74) is 6.56. The molecule has 0 N–H and O–H groups in total. The number of hydrogen-bond acceptors (Lipinski definition) is 0. The first-order chi connectivity index (χ1) is 18.2. The summed E-state index contributed by atoms with van der Waals surface area (Å²) < 4.78 is 0. The molecule has 2 aliphatic rings. The van der Waals surface area contributed by atoms with E-state index in [1.165, 1.54) is 49.0 Å². The number of benzene rings is 5. The van der Waals surface area contributed by atoms with E-state index in [2.05, 4.69) is 146 Å². The van der Waals surface area contributed by atoms with Crippen LogP contribution in [0.2, 0.25) is 0 Å². The second kappa shape index (κ2) is 13.2. The van der Waals surface area contributed by atoms with Crippen LogP contribution in [0.25, 0.3) is 22.9 Å². The minimum absolute atomic E-state index is 0.